The van der Waals surface area contributed by atoms with Crippen LogP contribution in [0.2, 0.25) is 0 Å². The second-order valence-corrected chi connectivity index (χ2v) is 4.22. The molecular formula is C10H13NO3S. The van der Waals surface area contributed by atoms with E-state index < -0.39 is 11.6 Å². The largest absolute Gasteiger partial charge is 0.467 e. The first-order valence-electron chi connectivity index (χ1n) is 4.41. The fraction of sp³-hybridized carbons (Fsp3) is 0.400. The molecule has 0 bridgehead atoms. The fourth-order valence-corrected chi connectivity index (χ4v) is 1.78. The van der Waals surface area contributed by atoms with E-state index in [0.29, 0.717) is 0 Å². The molecule has 4 nitrogen and oxygen atoms in total. The van der Waals surface area contributed by atoms with Crippen LogP contribution in [-0.2, 0) is 9.53 Å². The molecule has 0 saturated carbocycles. The number of nitrogens with zero attached hydrogens (tertiary/aromatic N) is 1. The van der Waals surface area contributed by atoms with Crippen LogP contribution in [0.5, 0.6) is 0 Å². The van der Waals surface area contributed by atoms with Gasteiger partial charge in [0.2, 0.25) is 0 Å². The second kappa shape index (κ2) is 5.14. The molecule has 1 unspecified atom stereocenters. The highest BCUT2D eigenvalue weighted by Gasteiger charge is 2.31. The number of rotatable bonds is 4. The van der Waals surface area contributed by atoms with E-state index in [1.807, 2.05) is 18.2 Å². The molecule has 82 valence electrons. The van der Waals surface area contributed by atoms with Crippen molar-refractivity contribution in [3.8, 4) is 0 Å². The molecule has 0 fully saturated rings. The van der Waals surface area contributed by atoms with E-state index in [1.165, 1.54) is 25.8 Å². The average molecular weight is 227 g/mol. The number of methoxy groups -OCH3 is 1. The van der Waals surface area contributed by atoms with Gasteiger partial charge < -0.3 is 9.84 Å². The fourth-order valence-electron chi connectivity index (χ4n) is 0.926. The molecule has 1 heterocycles. The minimum atomic E-state index is -1.48. The molecule has 1 aromatic rings. The summed E-state index contributed by atoms with van der Waals surface area (Å²) in [5.74, 6) is -0.414. The van der Waals surface area contributed by atoms with Gasteiger partial charge >= 0.3 is 5.97 Å². The maximum Gasteiger partial charge on any atom is 0.338 e. The van der Waals surface area contributed by atoms with Gasteiger partial charge in [-0.05, 0) is 19.1 Å². The number of thioether (sulfide) groups is 1. The molecule has 1 aromatic heterocycles. The van der Waals surface area contributed by atoms with Crippen molar-refractivity contribution in [2.24, 2.45) is 0 Å². The molecule has 0 aromatic carbocycles. The Morgan fingerprint density at radius 1 is 1.67 bits per heavy atom. The lowest BCUT2D eigenvalue weighted by atomic mass is 10.1. The third-order valence-electron chi connectivity index (χ3n) is 1.76. The predicted octanol–water partition coefficient (Wildman–Crippen LogP) is 1.10. The summed E-state index contributed by atoms with van der Waals surface area (Å²) in [6.07, 6.45) is 1.66. The van der Waals surface area contributed by atoms with Crippen LogP contribution in [0.4, 0.5) is 0 Å². The van der Waals surface area contributed by atoms with E-state index >= 15 is 0 Å². The van der Waals surface area contributed by atoms with E-state index in [0.717, 1.165) is 5.03 Å². The second-order valence-electron chi connectivity index (χ2n) is 3.22. The summed E-state index contributed by atoms with van der Waals surface area (Å²) in [4.78, 5) is 15.2. The van der Waals surface area contributed by atoms with Crippen LogP contribution in [0.15, 0.2) is 29.4 Å². The number of aromatic nitrogens is 1. The Morgan fingerprint density at radius 3 is 2.93 bits per heavy atom. The molecule has 1 N–H and O–H groups in total. The van der Waals surface area contributed by atoms with Crippen LogP contribution in [0.3, 0.4) is 0 Å². The molecule has 1 atom stereocenters. The van der Waals surface area contributed by atoms with Gasteiger partial charge in [0.05, 0.1) is 12.1 Å². The zero-order valence-electron chi connectivity index (χ0n) is 8.64. The van der Waals surface area contributed by atoms with Crippen LogP contribution >= 0.6 is 11.8 Å². The number of hydrogen-bond acceptors (Lipinski definition) is 5. The van der Waals surface area contributed by atoms with Crippen molar-refractivity contribution in [2.75, 3.05) is 12.9 Å². The van der Waals surface area contributed by atoms with Crippen molar-refractivity contribution >= 4 is 17.7 Å². The number of esters is 1. The number of hydrogen-bond donors (Lipinski definition) is 1. The quantitative estimate of drug-likeness (QED) is 0.616. The lowest BCUT2D eigenvalue weighted by Crippen LogP contribution is -2.38. The van der Waals surface area contributed by atoms with Gasteiger partial charge in [0, 0.05) is 11.9 Å². The first kappa shape index (κ1) is 12.0. The molecule has 1 rings (SSSR count). The zero-order valence-corrected chi connectivity index (χ0v) is 9.45. The summed E-state index contributed by atoms with van der Waals surface area (Å²) in [6.45, 7) is 1.43. The first-order chi connectivity index (χ1) is 7.06. The molecule has 0 aliphatic carbocycles. The van der Waals surface area contributed by atoms with E-state index in [-0.39, 0.29) is 5.75 Å². The van der Waals surface area contributed by atoms with Gasteiger partial charge in [0.1, 0.15) is 0 Å². The molecule has 15 heavy (non-hydrogen) atoms. The van der Waals surface area contributed by atoms with Crippen LogP contribution in [0.1, 0.15) is 6.92 Å². The van der Waals surface area contributed by atoms with Crippen molar-refractivity contribution in [2.45, 2.75) is 17.6 Å². The Hall–Kier alpha value is -1.07. The average Bonchev–Trinajstić information content (AvgIpc) is 2.27. The monoisotopic (exact) mass is 227 g/mol. The van der Waals surface area contributed by atoms with E-state index in [9.17, 15) is 9.90 Å². The Morgan fingerprint density at radius 2 is 2.40 bits per heavy atom. The molecule has 5 heteroatoms. The van der Waals surface area contributed by atoms with Gasteiger partial charge in [-0.1, -0.05) is 6.07 Å². The van der Waals surface area contributed by atoms with E-state index in [4.69, 9.17) is 0 Å². The number of aliphatic hydroxyl groups is 1. The lowest BCUT2D eigenvalue weighted by molar-refractivity contribution is -0.158. The van der Waals surface area contributed by atoms with Crippen molar-refractivity contribution in [1.82, 2.24) is 4.98 Å². The maximum absolute atomic E-state index is 11.1. The third-order valence-corrected chi connectivity index (χ3v) is 3.01. The summed E-state index contributed by atoms with van der Waals surface area (Å²) < 4.78 is 4.48. The molecule has 0 saturated heterocycles. The maximum atomic E-state index is 11.1. The normalized spacial score (nSPS) is 14.3. The number of pyridine rings is 1. The summed E-state index contributed by atoms with van der Waals surface area (Å²) in [7, 11) is 1.25. The Bertz CT molecular complexity index is 327. The van der Waals surface area contributed by atoms with E-state index in [1.54, 1.807) is 6.20 Å². The standard InChI is InChI=1S/C10H13NO3S/c1-10(13,9(12)14-2)7-15-8-5-3-4-6-11-8/h3-6,13H,7H2,1-2H3. The summed E-state index contributed by atoms with van der Waals surface area (Å²) in [6, 6.07) is 5.47. The third kappa shape index (κ3) is 3.53. The van der Waals surface area contributed by atoms with Gasteiger partial charge in [-0.2, -0.15) is 0 Å². The molecule has 0 aliphatic rings. The van der Waals surface area contributed by atoms with Crippen molar-refractivity contribution in [3.63, 3.8) is 0 Å². The Balaban J connectivity index is 2.53. The van der Waals surface area contributed by atoms with Gasteiger partial charge in [0.25, 0.3) is 0 Å². The summed E-state index contributed by atoms with van der Waals surface area (Å²) in [5, 5.41) is 10.5. The highest BCUT2D eigenvalue weighted by atomic mass is 32.2. The van der Waals surface area contributed by atoms with Gasteiger partial charge in [-0.15, -0.1) is 11.8 Å². The highest BCUT2D eigenvalue weighted by Crippen LogP contribution is 2.21. The van der Waals surface area contributed by atoms with Gasteiger partial charge in [0.15, 0.2) is 5.60 Å². The molecule has 0 aliphatic heterocycles. The molecule has 0 radical (unpaired) electrons. The molecular weight excluding hydrogens is 214 g/mol. The Labute approximate surface area is 92.7 Å². The zero-order chi connectivity index (χ0) is 11.3. The molecule has 0 amide bonds. The smallest absolute Gasteiger partial charge is 0.338 e. The van der Waals surface area contributed by atoms with Gasteiger partial charge in [-0.3, -0.25) is 0 Å². The van der Waals surface area contributed by atoms with Crippen molar-refractivity contribution in [3.05, 3.63) is 24.4 Å². The molecule has 0 spiro atoms. The summed E-state index contributed by atoms with van der Waals surface area (Å²) >= 11 is 1.31. The first-order valence-corrected chi connectivity index (χ1v) is 5.39. The lowest BCUT2D eigenvalue weighted by Gasteiger charge is -2.18. The number of carbonyl (C=O) groups excluding carboxylic acids is 1. The van der Waals surface area contributed by atoms with Gasteiger partial charge in [-0.25, -0.2) is 9.78 Å². The SMILES string of the molecule is COC(=O)C(C)(O)CSc1ccccn1. The number of carbonyl (C=O) groups is 1. The topological polar surface area (TPSA) is 59.4 Å². The highest BCUT2D eigenvalue weighted by molar-refractivity contribution is 7.99. The number of ether oxygens (including phenoxy) is 1. The van der Waals surface area contributed by atoms with Crippen molar-refractivity contribution in [1.29, 1.82) is 0 Å². The minimum Gasteiger partial charge on any atom is -0.467 e. The van der Waals surface area contributed by atoms with Crippen LogP contribution in [0, 0.1) is 0 Å². The predicted molar refractivity (Wildman–Crippen MR) is 57.6 cm³/mol. The summed E-state index contributed by atoms with van der Waals surface area (Å²) in [5.41, 5.74) is -1.48. The van der Waals surface area contributed by atoms with Crippen LogP contribution in [0.25, 0.3) is 0 Å². The Kier molecular flexibility index (Phi) is 4.11. The van der Waals surface area contributed by atoms with Crippen LogP contribution < -0.4 is 0 Å². The van der Waals surface area contributed by atoms with Crippen molar-refractivity contribution < 1.29 is 14.6 Å². The van der Waals surface area contributed by atoms with E-state index in [2.05, 4.69) is 9.72 Å². The van der Waals surface area contributed by atoms with Crippen LogP contribution in [-0.4, -0.2) is 34.5 Å². The minimum absolute atomic E-state index is 0.219.